The molecule has 0 atom stereocenters. The molecule has 0 bridgehead atoms. The molecule has 7 heteroatoms. The van der Waals surface area contributed by atoms with Crippen molar-refractivity contribution in [1.29, 1.82) is 0 Å². The third-order valence-electron chi connectivity index (χ3n) is 3.63. The molecule has 7 nitrogen and oxygen atoms in total. The highest BCUT2D eigenvalue weighted by Crippen LogP contribution is 2.14. The average Bonchev–Trinajstić information content (AvgIpc) is 3.01. The van der Waals surface area contributed by atoms with Gasteiger partial charge in [-0.15, -0.1) is 0 Å². The Morgan fingerprint density at radius 3 is 2.71 bits per heavy atom. The quantitative estimate of drug-likeness (QED) is 0.669. The van der Waals surface area contributed by atoms with Gasteiger partial charge < -0.3 is 4.74 Å². The molecule has 0 saturated heterocycles. The molecule has 0 unspecified atom stereocenters. The molecule has 124 valence electrons. The molecule has 24 heavy (non-hydrogen) atoms. The van der Waals surface area contributed by atoms with Crippen LogP contribution in [0.4, 0.5) is 0 Å². The van der Waals surface area contributed by atoms with Crippen LogP contribution in [-0.2, 0) is 16.1 Å². The average molecular weight is 326 g/mol. The number of benzene rings is 1. The van der Waals surface area contributed by atoms with Gasteiger partial charge in [0.2, 0.25) is 0 Å². The molecule has 0 fully saturated rings. The number of aromatic nitrogens is 4. The fraction of sp³-hybridized carbons (Fsp3) is 0.294. The zero-order valence-electron chi connectivity index (χ0n) is 13.6. The number of hydrogen-bond donors (Lipinski definition) is 0. The normalized spacial score (nSPS) is 10.9. The molecule has 1 aromatic carbocycles. The van der Waals surface area contributed by atoms with E-state index in [1.165, 1.54) is 10.8 Å². The van der Waals surface area contributed by atoms with Crippen molar-refractivity contribution in [3.8, 4) is 5.69 Å². The molecule has 0 aliphatic carbocycles. The minimum Gasteiger partial charge on any atom is -0.464 e. The van der Waals surface area contributed by atoms with Gasteiger partial charge in [-0.2, -0.15) is 5.10 Å². The van der Waals surface area contributed by atoms with Crippen LogP contribution < -0.4 is 5.56 Å². The molecule has 0 N–H and O–H groups in total. The first-order valence-electron chi connectivity index (χ1n) is 7.78. The number of esters is 1. The molecular weight excluding hydrogens is 308 g/mol. The summed E-state index contributed by atoms with van der Waals surface area (Å²) in [4.78, 5) is 28.9. The van der Waals surface area contributed by atoms with Crippen LogP contribution in [0.2, 0.25) is 0 Å². The second-order valence-electron chi connectivity index (χ2n) is 5.40. The number of fused-ring (bicyclic) bond motifs is 1. The monoisotopic (exact) mass is 326 g/mol. The molecule has 0 spiro atoms. The van der Waals surface area contributed by atoms with Gasteiger partial charge in [0.05, 0.1) is 18.5 Å². The van der Waals surface area contributed by atoms with Crippen molar-refractivity contribution in [3.05, 3.63) is 52.7 Å². The van der Waals surface area contributed by atoms with Crippen molar-refractivity contribution >= 4 is 17.0 Å². The van der Waals surface area contributed by atoms with E-state index in [1.54, 1.807) is 11.6 Å². The molecule has 3 rings (SSSR count). The lowest BCUT2D eigenvalue weighted by Crippen LogP contribution is -2.28. The zero-order valence-corrected chi connectivity index (χ0v) is 13.6. The molecule has 0 aliphatic heterocycles. The Hall–Kier alpha value is -2.96. The first kappa shape index (κ1) is 15.9. The fourth-order valence-electron chi connectivity index (χ4n) is 2.44. The van der Waals surface area contributed by atoms with Crippen LogP contribution in [-0.4, -0.2) is 31.9 Å². The number of para-hydroxylation sites is 1. The summed E-state index contributed by atoms with van der Waals surface area (Å²) >= 11 is 0. The van der Waals surface area contributed by atoms with E-state index in [-0.39, 0.29) is 12.1 Å². The van der Waals surface area contributed by atoms with E-state index < -0.39 is 5.97 Å². The second-order valence-corrected chi connectivity index (χ2v) is 5.40. The maximum Gasteiger partial charge on any atom is 0.326 e. The van der Waals surface area contributed by atoms with Crippen molar-refractivity contribution in [1.82, 2.24) is 19.3 Å². The summed E-state index contributed by atoms with van der Waals surface area (Å²) in [6.45, 7) is 3.80. The van der Waals surface area contributed by atoms with E-state index in [1.807, 2.05) is 37.3 Å². The van der Waals surface area contributed by atoms with Gasteiger partial charge in [-0.05, 0) is 25.5 Å². The third kappa shape index (κ3) is 2.92. The van der Waals surface area contributed by atoms with Gasteiger partial charge in [-0.3, -0.25) is 14.2 Å². The number of carbonyl (C=O) groups excluding carboxylic acids is 1. The number of carbonyl (C=O) groups is 1. The Morgan fingerprint density at radius 1 is 1.25 bits per heavy atom. The lowest BCUT2D eigenvalue weighted by Gasteiger charge is -2.10. The summed E-state index contributed by atoms with van der Waals surface area (Å²) in [6.07, 6.45) is 2.21. The molecule has 0 amide bonds. The van der Waals surface area contributed by atoms with Gasteiger partial charge in [0.1, 0.15) is 17.8 Å². The van der Waals surface area contributed by atoms with Gasteiger partial charge in [0.25, 0.3) is 5.56 Å². The van der Waals surface area contributed by atoms with Crippen molar-refractivity contribution in [3.63, 3.8) is 0 Å². The van der Waals surface area contributed by atoms with E-state index in [0.717, 1.165) is 12.1 Å². The van der Waals surface area contributed by atoms with Crippen LogP contribution in [0.15, 0.2) is 41.3 Å². The number of rotatable bonds is 5. The van der Waals surface area contributed by atoms with Crippen LogP contribution in [0.1, 0.15) is 19.2 Å². The van der Waals surface area contributed by atoms with Gasteiger partial charge in [-0.25, -0.2) is 9.67 Å². The molecular formula is C17H18N4O3. The zero-order chi connectivity index (χ0) is 17.1. The summed E-state index contributed by atoms with van der Waals surface area (Å²) in [6, 6.07) is 9.46. The van der Waals surface area contributed by atoms with Gasteiger partial charge >= 0.3 is 5.97 Å². The fourth-order valence-corrected chi connectivity index (χ4v) is 2.44. The summed E-state index contributed by atoms with van der Waals surface area (Å²) in [7, 11) is 0. The summed E-state index contributed by atoms with van der Waals surface area (Å²) < 4.78 is 7.98. The number of nitrogens with zero attached hydrogens (tertiary/aromatic N) is 4. The highest BCUT2D eigenvalue weighted by molar-refractivity contribution is 5.76. The first-order chi connectivity index (χ1) is 11.6. The van der Waals surface area contributed by atoms with Crippen molar-refractivity contribution < 1.29 is 9.53 Å². The maximum absolute atomic E-state index is 12.7. The smallest absolute Gasteiger partial charge is 0.326 e. The van der Waals surface area contributed by atoms with Crippen LogP contribution in [0.25, 0.3) is 16.7 Å². The second kappa shape index (κ2) is 6.66. The standard InChI is InChI=1S/C17H18N4O3/c1-3-9-24-15(22)11-20-12(2)19-16-14(17(20)23)10-18-21(16)13-7-5-4-6-8-13/h4-8,10H,3,9,11H2,1-2H3. The highest BCUT2D eigenvalue weighted by Gasteiger charge is 2.16. The summed E-state index contributed by atoms with van der Waals surface area (Å²) in [5.41, 5.74) is 0.994. The summed E-state index contributed by atoms with van der Waals surface area (Å²) in [5.74, 6) is -0.00252. The first-order valence-corrected chi connectivity index (χ1v) is 7.78. The third-order valence-corrected chi connectivity index (χ3v) is 3.63. The minimum atomic E-state index is -0.446. The molecule has 0 saturated carbocycles. The van der Waals surface area contributed by atoms with E-state index in [2.05, 4.69) is 10.1 Å². The lowest BCUT2D eigenvalue weighted by molar-refractivity contribution is -0.144. The van der Waals surface area contributed by atoms with Crippen molar-refractivity contribution in [2.45, 2.75) is 26.8 Å². The van der Waals surface area contributed by atoms with Crippen molar-refractivity contribution in [2.24, 2.45) is 0 Å². The predicted octanol–water partition coefficient (Wildman–Crippen LogP) is 1.84. The Kier molecular flexibility index (Phi) is 4.41. The minimum absolute atomic E-state index is 0.149. The number of aryl methyl sites for hydroxylation is 1. The van der Waals surface area contributed by atoms with Gasteiger partial charge in [0, 0.05) is 0 Å². The maximum atomic E-state index is 12.7. The van der Waals surface area contributed by atoms with E-state index in [9.17, 15) is 9.59 Å². The number of hydrogen-bond acceptors (Lipinski definition) is 5. The van der Waals surface area contributed by atoms with Crippen LogP contribution in [0.3, 0.4) is 0 Å². The molecule has 0 radical (unpaired) electrons. The van der Waals surface area contributed by atoms with E-state index in [0.29, 0.717) is 23.5 Å². The van der Waals surface area contributed by atoms with Crippen LogP contribution in [0, 0.1) is 6.92 Å². The van der Waals surface area contributed by atoms with E-state index >= 15 is 0 Å². The largest absolute Gasteiger partial charge is 0.464 e. The highest BCUT2D eigenvalue weighted by atomic mass is 16.5. The SMILES string of the molecule is CCCOC(=O)Cn1c(C)nc2c(cnn2-c2ccccc2)c1=O. The Labute approximate surface area is 138 Å². The Morgan fingerprint density at radius 2 is 2.00 bits per heavy atom. The number of ether oxygens (including phenoxy) is 1. The van der Waals surface area contributed by atoms with Gasteiger partial charge in [-0.1, -0.05) is 25.1 Å². The molecule has 0 aliphatic rings. The summed E-state index contributed by atoms with van der Waals surface area (Å²) in [5, 5.41) is 4.63. The van der Waals surface area contributed by atoms with Crippen molar-refractivity contribution in [2.75, 3.05) is 6.61 Å². The predicted molar refractivity (Wildman–Crippen MR) is 89.1 cm³/mol. The molecule has 2 heterocycles. The van der Waals surface area contributed by atoms with Gasteiger partial charge in [0.15, 0.2) is 5.65 Å². The van der Waals surface area contributed by atoms with E-state index in [4.69, 9.17) is 4.74 Å². The topological polar surface area (TPSA) is 79.0 Å². The van der Waals surface area contributed by atoms with Crippen LogP contribution in [0.5, 0.6) is 0 Å². The Balaban J connectivity index is 2.03. The lowest BCUT2D eigenvalue weighted by atomic mass is 10.3. The molecule has 3 aromatic rings. The Bertz CT molecular complexity index is 928. The molecule has 2 aromatic heterocycles. The van der Waals surface area contributed by atoms with Crippen LogP contribution >= 0.6 is 0 Å².